The van der Waals surface area contributed by atoms with E-state index >= 15 is 0 Å². The van der Waals surface area contributed by atoms with E-state index in [1.165, 1.54) is 6.33 Å². The van der Waals surface area contributed by atoms with Crippen LogP contribution in [0.25, 0.3) is 0 Å². The number of rotatable bonds is 2. The van der Waals surface area contributed by atoms with Crippen molar-refractivity contribution in [2.45, 2.75) is 6.54 Å². The summed E-state index contributed by atoms with van der Waals surface area (Å²) < 4.78 is 2.45. The van der Waals surface area contributed by atoms with Gasteiger partial charge in [-0.25, -0.2) is 9.67 Å². The molecule has 0 fully saturated rings. The average molecular weight is 278 g/mol. The van der Waals surface area contributed by atoms with E-state index < -0.39 is 0 Å². The lowest BCUT2D eigenvalue weighted by Gasteiger charge is -2.06. The van der Waals surface area contributed by atoms with Crippen molar-refractivity contribution in [3.8, 4) is 6.07 Å². The SMILES string of the molecule is N#Cc1ncn(Cc2cccc(N)c2Br)n1. The van der Waals surface area contributed by atoms with Crippen LogP contribution in [0.2, 0.25) is 0 Å². The lowest BCUT2D eigenvalue weighted by Crippen LogP contribution is -2.02. The fraction of sp³-hybridized carbons (Fsp3) is 0.100. The third kappa shape index (κ3) is 2.04. The van der Waals surface area contributed by atoms with Crippen LogP contribution in [0, 0.1) is 11.3 Å². The molecule has 2 rings (SSSR count). The van der Waals surface area contributed by atoms with E-state index in [1.54, 1.807) is 4.68 Å². The van der Waals surface area contributed by atoms with Gasteiger partial charge in [-0.05, 0) is 27.6 Å². The Morgan fingerprint density at radius 3 is 3.00 bits per heavy atom. The van der Waals surface area contributed by atoms with E-state index in [4.69, 9.17) is 11.0 Å². The summed E-state index contributed by atoms with van der Waals surface area (Å²) in [5, 5.41) is 12.6. The summed E-state index contributed by atoms with van der Waals surface area (Å²) in [5.74, 6) is 0.167. The van der Waals surface area contributed by atoms with E-state index in [0.29, 0.717) is 12.2 Å². The third-order valence-corrected chi connectivity index (χ3v) is 3.04. The molecule has 0 amide bonds. The predicted molar refractivity (Wildman–Crippen MR) is 62.4 cm³/mol. The Balaban J connectivity index is 2.27. The molecule has 0 aliphatic carbocycles. The van der Waals surface area contributed by atoms with Crippen molar-refractivity contribution in [1.82, 2.24) is 14.8 Å². The van der Waals surface area contributed by atoms with Crippen molar-refractivity contribution in [3.63, 3.8) is 0 Å². The summed E-state index contributed by atoms with van der Waals surface area (Å²) in [6, 6.07) is 7.51. The summed E-state index contributed by atoms with van der Waals surface area (Å²) >= 11 is 3.41. The Kier molecular flexibility index (Phi) is 2.88. The average Bonchev–Trinajstić information content (AvgIpc) is 2.73. The van der Waals surface area contributed by atoms with Crippen LogP contribution in [0.4, 0.5) is 5.69 Å². The highest BCUT2D eigenvalue weighted by Gasteiger charge is 2.05. The molecule has 0 aliphatic heterocycles. The van der Waals surface area contributed by atoms with Gasteiger partial charge in [-0.1, -0.05) is 12.1 Å². The van der Waals surface area contributed by atoms with Crippen LogP contribution in [0.1, 0.15) is 11.4 Å². The van der Waals surface area contributed by atoms with Gasteiger partial charge in [0, 0.05) is 10.2 Å². The summed E-state index contributed by atoms with van der Waals surface area (Å²) in [4.78, 5) is 3.83. The lowest BCUT2D eigenvalue weighted by atomic mass is 10.2. The van der Waals surface area contributed by atoms with Crippen molar-refractivity contribution in [3.05, 3.63) is 40.4 Å². The number of hydrogen-bond acceptors (Lipinski definition) is 4. The number of nitriles is 1. The Morgan fingerprint density at radius 2 is 2.31 bits per heavy atom. The molecule has 0 bridgehead atoms. The van der Waals surface area contributed by atoms with Crippen LogP contribution < -0.4 is 5.73 Å². The van der Waals surface area contributed by atoms with Gasteiger partial charge in [0.1, 0.15) is 12.4 Å². The molecule has 0 radical (unpaired) electrons. The van der Waals surface area contributed by atoms with Crippen LogP contribution in [-0.2, 0) is 6.54 Å². The van der Waals surface area contributed by atoms with Crippen molar-refractivity contribution < 1.29 is 0 Å². The Hall–Kier alpha value is -1.87. The molecule has 16 heavy (non-hydrogen) atoms. The minimum absolute atomic E-state index is 0.167. The minimum atomic E-state index is 0.167. The van der Waals surface area contributed by atoms with Crippen LogP contribution in [0.15, 0.2) is 29.0 Å². The van der Waals surface area contributed by atoms with Crippen LogP contribution >= 0.6 is 15.9 Å². The molecule has 0 saturated carbocycles. The molecule has 1 aromatic heterocycles. The zero-order valence-electron chi connectivity index (χ0n) is 8.26. The molecule has 1 heterocycles. The fourth-order valence-electron chi connectivity index (χ4n) is 1.32. The van der Waals surface area contributed by atoms with E-state index in [1.807, 2.05) is 24.3 Å². The number of nitrogens with two attached hydrogens (primary N) is 1. The van der Waals surface area contributed by atoms with Crippen LogP contribution in [-0.4, -0.2) is 14.8 Å². The second-order valence-electron chi connectivity index (χ2n) is 3.20. The van der Waals surface area contributed by atoms with Gasteiger partial charge in [0.05, 0.1) is 6.54 Å². The van der Waals surface area contributed by atoms with E-state index in [-0.39, 0.29) is 5.82 Å². The van der Waals surface area contributed by atoms with Gasteiger partial charge in [0.15, 0.2) is 0 Å². The summed E-state index contributed by atoms with van der Waals surface area (Å²) in [6.07, 6.45) is 1.52. The second-order valence-corrected chi connectivity index (χ2v) is 3.99. The highest BCUT2D eigenvalue weighted by molar-refractivity contribution is 9.10. The summed E-state index contributed by atoms with van der Waals surface area (Å²) in [5.41, 5.74) is 7.43. The number of nitrogen functional groups attached to an aromatic ring is 1. The van der Waals surface area contributed by atoms with Gasteiger partial charge < -0.3 is 5.73 Å². The minimum Gasteiger partial charge on any atom is -0.398 e. The van der Waals surface area contributed by atoms with Gasteiger partial charge in [0.25, 0.3) is 5.82 Å². The molecule has 5 nitrogen and oxygen atoms in total. The number of anilines is 1. The number of halogens is 1. The first kappa shape index (κ1) is 10.6. The van der Waals surface area contributed by atoms with Crippen molar-refractivity contribution >= 4 is 21.6 Å². The number of nitrogens with zero attached hydrogens (tertiary/aromatic N) is 4. The normalized spacial score (nSPS) is 10.0. The maximum absolute atomic E-state index is 8.60. The first-order chi connectivity index (χ1) is 7.70. The standard InChI is InChI=1S/C10H8BrN5/c11-10-7(2-1-3-8(10)13)5-16-6-14-9(4-12)15-16/h1-3,6H,5,13H2. The molecular weight excluding hydrogens is 270 g/mol. The molecule has 80 valence electrons. The van der Waals surface area contributed by atoms with E-state index in [0.717, 1.165) is 10.0 Å². The Labute approximate surface area is 101 Å². The van der Waals surface area contributed by atoms with Crippen molar-refractivity contribution in [1.29, 1.82) is 5.26 Å². The molecule has 0 spiro atoms. The molecule has 2 N–H and O–H groups in total. The monoisotopic (exact) mass is 277 g/mol. The molecule has 0 unspecified atom stereocenters. The molecule has 2 aromatic rings. The smallest absolute Gasteiger partial charge is 0.252 e. The largest absolute Gasteiger partial charge is 0.398 e. The highest BCUT2D eigenvalue weighted by Crippen LogP contribution is 2.24. The third-order valence-electron chi connectivity index (χ3n) is 2.08. The number of aromatic nitrogens is 3. The van der Waals surface area contributed by atoms with E-state index in [9.17, 15) is 0 Å². The lowest BCUT2D eigenvalue weighted by molar-refractivity contribution is 0.681. The molecule has 6 heteroatoms. The highest BCUT2D eigenvalue weighted by atomic mass is 79.9. The number of hydrogen-bond donors (Lipinski definition) is 1. The van der Waals surface area contributed by atoms with Gasteiger partial charge in [-0.2, -0.15) is 5.26 Å². The van der Waals surface area contributed by atoms with Gasteiger partial charge in [-0.15, -0.1) is 5.10 Å². The summed E-state index contributed by atoms with van der Waals surface area (Å²) in [7, 11) is 0. The number of benzene rings is 1. The summed E-state index contributed by atoms with van der Waals surface area (Å²) in [6.45, 7) is 0.528. The first-order valence-electron chi connectivity index (χ1n) is 4.53. The second kappa shape index (κ2) is 4.33. The molecule has 0 saturated heterocycles. The molecule has 1 aromatic carbocycles. The zero-order chi connectivity index (χ0) is 11.5. The Morgan fingerprint density at radius 1 is 1.50 bits per heavy atom. The predicted octanol–water partition coefficient (Wildman–Crippen LogP) is 1.54. The maximum Gasteiger partial charge on any atom is 0.252 e. The molecular formula is C10H8BrN5. The first-order valence-corrected chi connectivity index (χ1v) is 5.32. The van der Waals surface area contributed by atoms with E-state index in [2.05, 4.69) is 26.0 Å². The zero-order valence-corrected chi connectivity index (χ0v) is 9.85. The fourth-order valence-corrected chi connectivity index (χ4v) is 1.71. The van der Waals surface area contributed by atoms with Crippen LogP contribution in [0.5, 0.6) is 0 Å². The topological polar surface area (TPSA) is 80.5 Å². The van der Waals surface area contributed by atoms with Gasteiger partial charge in [0.2, 0.25) is 0 Å². The quantitative estimate of drug-likeness (QED) is 0.845. The maximum atomic E-state index is 8.60. The van der Waals surface area contributed by atoms with Gasteiger partial charge in [-0.3, -0.25) is 0 Å². The van der Waals surface area contributed by atoms with Crippen molar-refractivity contribution in [2.24, 2.45) is 0 Å². The molecule has 0 atom stereocenters. The van der Waals surface area contributed by atoms with Crippen LogP contribution in [0.3, 0.4) is 0 Å². The van der Waals surface area contributed by atoms with Gasteiger partial charge >= 0.3 is 0 Å². The Bertz CT molecular complexity index is 555. The molecule has 0 aliphatic rings. The van der Waals surface area contributed by atoms with Crippen molar-refractivity contribution in [2.75, 3.05) is 5.73 Å².